The summed E-state index contributed by atoms with van der Waals surface area (Å²) < 4.78 is 16.4. The van der Waals surface area contributed by atoms with Gasteiger partial charge in [-0.2, -0.15) is 0 Å². The predicted octanol–water partition coefficient (Wildman–Crippen LogP) is 4.48. The van der Waals surface area contributed by atoms with E-state index in [2.05, 4.69) is 4.98 Å². The summed E-state index contributed by atoms with van der Waals surface area (Å²) in [6, 6.07) is 13.6. The molecule has 1 aliphatic rings. The number of halogens is 2. The molecule has 0 bridgehead atoms. The summed E-state index contributed by atoms with van der Waals surface area (Å²) in [6.07, 6.45) is 5.90. The van der Waals surface area contributed by atoms with Gasteiger partial charge >= 0.3 is 0 Å². The Hall–Kier alpha value is -3.71. The van der Waals surface area contributed by atoms with E-state index in [4.69, 9.17) is 17.3 Å². The van der Waals surface area contributed by atoms with Crippen LogP contribution in [0.15, 0.2) is 73.2 Å². The summed E-state index contributed by atoms with van der Waals surface area (Å²) in [7, 11) is 0. The summed E-state index contributed by atoms with van der Waals surface area (Å²) in [5, 5.41) is 0.237. The molecule has 0 saturated heterocycles. The van der Waals surface area contributed by atoms with Gasteiger partial charge in [-0.1, -0.05) is 41.9 Å². The SMILES string of the molecule is NC(=O)C(c1ccccc1)N(C(=O)c1ccc2nccn2c1)C1CCc2c(F)cc(Cl)cc21. The molecule has 0 aliphatic heterocycles. The van der Waals surface area contributed by atoms with Crippen LogP contribution in [0, 0.1) is 5.82 Å². The Balaban J connectivity index is 1.67. The second-order valence-corrected chi connectivity index (χ2v) is 8.48. The monoisotopic (exact) mass is 462 g/mol. The number of imidazole rings is 1. The number of amides is 2. The molecule has 2 atom stereocenters. The van der Waals surface area contributed by atoms with Crippen LogP contribution < -0.4 is 5.73 Å². The van der Waals surface area contributed by atoms with Crippen molar-refractivity contribution in [2.24, 2.45) is 5.73 Å². The van der Waals surface area contributed by atoms with Gasteiger partial charge in [0.1, 0.15) is 17.5 Å². The van der Waals surface area contributed by atoms with E-state index in [9.17, 15) is 14.0 Å². The van der Waals surface area contributed by atoms with Gasteiger partial charge in [-0.15, -0.1) is 0 Å². The van der Waals surface area contributed by atoms with Crippen LogP contribution in [-0.4, -0.2) is 26.1 Å². The lowest BCUT2D eigenvalue weighted by Crippen LogP contribution is -2.43. The van der Waals surface area contributed by atoms with E-state index in [1.54, 1.807) is 65.5 Å². The van der Waals surface area contributed by atoms with Gasteiger partial charge in [0.25, 0.3) is 5.91 Å². The van der Waals surface area contributed by atoms with E-state index >= 15 is 0 Å². The summed E-state index contributed by atoms with van der Waals surface area (Å²) in [5.74, 6) is -1.48. The summed E-state index contributed by atoms with van der Waals surface area (Å²) in [5.41, 5.74) is 8.59. The molecule has 2 unspecified atom stereocenters. The second kappa shape index (κ2) is 8.33. The second-order valence-electron chi connectivity index (χ2n) is 8.05. The molecule has 2 aromatic carbocycles. The highest BCUT2D eigenvalue weighted by molar-refractivity contribution is 6.30. The Morgan fingerprint density at radius 1 is 1.18 bits per heavy atom. The number of rotatable bonds is 5. The average Bonchev–Trinajstić information content (AvgIpc) is 3.44. The predicted molar refractivity (Wildman–Crippen MR) is 122 cm³/mol. The van der Waals surface area contributed by atoms with E-state index in [1.807, 2.05) is 6.07 Å². The summed E-state index contributed by atoms with van der Waals surface area (Å²) in [4.78, 5) is 32.4. The highest BCUT2D eigenvalue weighted by Gasteiger charge is 2.40. The minimum absolute atomic E-state index is 0.237. The fourth-order valence-corrected chi connectivity index (χ4v) is 4.85. The number of carbonyl (C=O) groups is 2. The quantitative estimate of drug-likeness (QED) is 0.474. The van der Waals surface area contributed by atoms with Gasteiger partial charge in [0, 0.05) is 23.6 Å². The largest absolute Gasteiger partial charge is 0.368 e. The number of pyridine rings is 1. The van der Waals surface area contributed by atoms with Crippen molar-refractivity contribution in [2.75, 3.05) is 0 Å². The third kappa shape index (κ3) is 3.74. The van der Waals surface area contributed by atoms with Crippen LogP contribution in [0.25, 0.3) is 5.65 Å². The lowest BCUT2D eigenvalue weighted by atomic mass is 9.98. The van der Waals surface area contributed by atoms with Gasteiger partial charge in [-0.3, -0.25) is 9.59 Å². The molecule has 0 radical (unpaired) electrons. The van der Waals surface area contributed by atoms with Crippen LogP contribution in [0.3, 0.4) is 0 Å². The molecule has 2 N–H and O–H groups in total. The molecule has 5 rings (SSSR count). The molecule has 2 heterocycles. The Kier molecular flexibility index (Phi) is 5.34. The standard InChI is InChI=1S/C25H20ClFN4O2/c26-17-12-19-18(20(27)13-17)7-8-21(19)31(23(24(28)32)15-4-2-1-3-5-15)25(33)16-6-9-22-29-10-11-30(22)14-16/h1-6,9-14,21,23H,7-8H2,(H2,28,32). The number of primary amides is 1. The highest BCUT2D eigenvalue weighted by Crippen LogP contribution is 2.43. The molecule has 4 aromatic rings. The zero-order chi connectivity index (χ0) is 23.1. The first-order valence-corrected chi connectivity index (χ1v) is 10.9. The zero-order valence-corrected chi connectivity index (χ0v) is 18.2. The number of hydrogen-bond donors (Lipinski definition) is 1. The molecule has 0 saturated carbocycles. The number of fused-ring (bicyclic) bond motifs is 2. The zero-order valence-electron chi connectivity index (χ0n) is 17.5. The number of benzene rings is 2. The molecular weight excluding hydrogens is 443 g/mol. The number of hydrogen-bond acceptors (Lipinski definition) is 3. The van der Waals surface area contributed by atoms with E-state index < -0.39 is 29.7 Å². The minimum atomic E-state index is -1.05. The molecule has 6 nitrogen and oxygen atoms in total. The van der Waals surface area contributed by atoms with Gasteiger partial charge in [-0.25, -0.2) is 9.37 Å². The van der Waals surface area contributed by atoms with Crippen LogP contribution in [0.1, 0.15) is 45.6 Å². The van der Waals surface area contributed by atoms with Crippen molar-refractivity contribution >= 4 is 29.1 Å². The molecule has 2 amide bonds. The number of aromatic nitrogens is 2. The molecular formula is C25H20ClFN4O2. The average molecular weight is 463 g/mol. The Morgan fingerprint density at radius 2 is 1.97 bits per heavy atom. The Bertz CT molecular complexity index is 1370. The fraction of sp³-hybridized carbons (Fsp3) is 0.160. The lowest BCUT2D eigenvalue weighted by molar-refractivity contribution is -0.123. The first-order chi connectivity index (χ1) is 15.9. The van der Waals surface area contributed by atoms with Gasteiger partial charge in [0.05, 0.1) is 11.6 Å². The Morgan fingerprint density at radius 3 is 2.73 bits per heavy atom. The van der Waals surface area contributed by atoms with Gasteiger partial charge in [-0.05, 0) is 53.8 Å². The Labute approximate surface area is 194 Å². The topological polar surface area (TPSA) is 80.7 Å². The fourth-order valence-electron chi connectivity index (χ4n) is 4.64. The molecule has 8 heteroatoms. The van der Waals surface area contributed by atoms with E-state index in [-0.39, 0.29) is 5.02 Å². The summed E-state index contributed by atoms with van der Waals surface area (Å²) >= 11 is 6.16. The highest BCUT2D eigenvalue weighted by atomic mass is 35.5. The van der Waals surface area contributed by atoms with Crippen molar-refractivity contribution in [3.8, 4) is 0 Å². The molecule has 2 aromatic heterocycles. The normalized spacial score (nSPS) is 15.9. The van der Waals surface area contributed by atoms with Crippen molar-refractivity contribution in [3.63, 3.8) is 0 Å². The minimum Gasteiger partial charge on any atom is -0.368 e. The van der Waals surface area contributed by atoms with Crippen molar-refractivity contribution < 1.29 is 14.0 Å². The molecule has 33 heavy (non-hydrogen) atoms. The third-order valence-electron chi connectivity index (χ3n) is 6.09. The van der Waals surface area contributed by atoms with Gasteiger partial charge < -0.3 is 15.0 Å². The van der Waals surface area contributed by atoms with E-state index in [1.165, 1.54) is 11.0 Å². The molecule has 0 fully saturated rings. The molecule has 1 aliphatic carbocycles. The van der Waals surface area contributed by atoms with Crippen molar-refractivity contribution in [3.05, 3.63) is 106 Å². The third-order valence-corrected chi connectivity index (χ3v) is 6.31. The van der Waals surface area contributed by atoms with Crippen LogP contribution in [0.4, 0.5) is 4.39 Å². The molecule has 166 valence electrons. The van der Waals surface area contributed by atoms with Crippen molar-refractivity contribution in [1.82, 2.24) is 14.3 Å². The van der Waals surface area contributed by atoms with Gasteiger partial charge in [0.2, 0.25) is 5.91 Å². The lowest BCUT2D eigenvalue weighted by Gasteiger charge is -2.36. The van der Waals surface area contributed by atoms with Crippen molar-refractivity contribution in [2.45, 2.75) is 24.9 Å². The van der Waals surface area contributed by atoms with Crippen molar-refractivity contribution in [1.29, 1.82) is 0 Å². The van der Waals surface area contributed by atoms with E-state index in [0.29, 0.717) is 40.7 Å². The maximum absolute atomic E-state index is 14.6. The maximum Gasteiger partial charge on any atom is 0.256 e. The number of nitrogens with two attached hydrogens (primary N) is 1. The maximum atomic E-state index is 14.6. The van der Waals surface area contributed by atoms with Crippen LogP contribution in [-0.2, 0) is 11.2 Å². The number of carbonyl (C=O) groups excluding carboxylic acids is 2. The van der Waals surface area contributed by atoms with Gasteiger partial charge in [0.15, 0.2) is 0 Å². The summed E-state index contributed by atoms with van der Waals surface area (Å²) in [6.45, 7) is 0. The number of nitrogens with zero attached hydrogens (tertiary/aromatic N) is 3. The van der Waals surface area contributed by atoms with E-state index in [0.717, 1.165) is 0 Å². The van der Waals surface area contributed by atoms with Crippen LogP contribution in [0.2, 0.25) is 5.02 Å². The smallest absolute Gasteiger partial charge is 0.256 e. The van der Waals surface area contributed by atoms with Crippen LogP contribution in [0.5, 0.6) is 0 Å². The first-order valence-electron chi connectivity index (χ1n) is 10.5. The first kappa shape index (κ1) is 21.2. The molecule has 0 spiro atoms. The van der Waals surface area contributed by atoms with Crippen LogP contribution >= 0.6 is 11.6 Å².